The highest BCUT2D eigenvalue weighted by molar-refractivity contribution is 5.99. The van der Waals surface area contributed by atoms with Gasteiger partial charge < -0.3 is 24.9 Å². The zero-order valence-electron chi connectivity index (χ0n) is 27.9. The van der Waals surface area contributed by atoms with Crippen molar-refractivity contribution in [1.82, 2.24) is 40.1 Å². The molecule has 8 rings (SSSR count). The van der Waals surface area contributed by atoms with Gasteiger partial charge in [0.1, 0.15) is 12.1 Å². The Hall–Kier alpha value is -4.81. The number of H-pyrrole nitrogens is 1. The molecule has 2 atom stereocenters. The largest absolute Gasteiger partial charge is 0.351 e. The summed E-state index contributed by atoms with van der Waals surface area (Å²) in [7, 11) is 2.17. The summed E-state index contributed by atoms with van der Waals surface area (Å²) >= 11 is 0. The van der Waals surface area contributed by atoms with Crippen LogP contribution in [0, 0.1) is 0 Å². The Balaban J connectivity index is 0.923. The van der Waals surface area contributed by atoms with E-state index in [9.17, 15) is 14.4 Å². The summed E-state index contributed by atoms with van der Waals surface area (Å²) in [6, 6.07) is 20.4. The van der Waals surface area contributed by atoms with Crippen LogP contribution >= 0.6 is 0 Å². The molecule has 12 nitrogen and oxygen atoms in total. The third kappa shape index (κ3) is 6.15. The second-order valence-corrected chi connectivity index (χ2v) is 14.1. The second-order valence-electron chi connectivity index (χ2n) is 14.1. The maximum atomic E-state index is 14.3. The number of fused-ring (bicyclic) bond motifs is 1. The molecule has 12 heteroatoms. The molecule has 4 aliphatic rings. The lowest BCUT2D eigenvalue weighted by Gasteiger charge is -2.43. The first-order chi connectivity index (χ1) is 23.9. The van der Waals surface area contributed by atoms with E-state index < -0.39 is 5.54 Å². The maximum Gasteiger partial charge on any atom is 0.255 e. The number of carbonyl (C=O) groups excluding carboxylic acids is 3. The number of nitrogens with one attached hydrogen (secondary N) is 2. The number of likely N-dealkylation sites (tertiary alicyclic amines) is 1. The Kier molecular flexibility index (Phi) is 8.28. The molecule has 3 aliphatic heterocycles. The highest BCUT2D eigenvalue weighted by atomic mass is 16.2. The van der Waals surface area contributed by atoms with Crippen molar-refractivity contribution >= 4 is 34.4 Å². The number of hydrogen-bond donors (Lipinski definition) is 2. The molecular formula is C37H43N9O3. The number of rotatable bonds is 8. The molecule has 4 fully saturated rings. The molecule has 1 saturated carbocycles. The molecule has 1 aliphatic carbocycles. The molecule has 2 aromatic carbocycles. The van der Waals surface area contributed by atoms with Crippen molar-refractivity contribution in [3.63, 3.8) is 0 Å². The zero-order chi connectivity index (χ0) is 33.5. The number of likely N-dealkylation sites (N-methyl/N-ethyl adjacent to an activating group) is 1. The van der Waals surface area contributed by atoms with E-state index in [0.29, 0.717) is 49.7 Å². The second kappa shape index (κ2) is 12.9. The van der Waals surface area contributed by atoms with Gasteiger partial charge in [0.05, 0.1) is 18.4 Å². The SMILES string of the molecule is CN1CCN(Cc2ccccc2[C@@H]2C[C@H]2NC(=O)CN2CN(c3ccccc3)C3(CCN(C(=O)c4cnc5[nH]ncc5c4)CC3)C2=O)CC1. The van der Waals surface area contributed by atoms with Crippen LogP contribution in [0.1, 0.15) is 46.7 Å². The number of amides is 3. The van der Waals surface area contributed by atoms with Crippen LogP contribution in [-0.2, 0) is 16.1 Å². The van der Waals surface area contributed by atoms with Crippen molar-refractivity contribution in [3.8, 4) is 0 Å². The standard InChI is InChI=1S/C37H43N9O3/c1-42-15-17-43(18-16-42)23-26-7-5-6-10-30(26)31-20-32(31)40-33(47)24-45-25-46(29-8-3-2-4-9-29)37(36(45)49)11-13-44(14-12-37)35(48)28-19-27-22-39-41-34(27)38-21-28/h2-10,19,21-22,31-32H,11-18,20,23-25H2,1H3,(H,40,47)(H,38,39,41)/t31-,32+/m0/s1. The van der Waals surface area contributed by atoms with E-state index in [-0.39, 0.29) is 30.3 Å². The summed E-state index contributed by atoms with van der Waals surface area (Å²) in [5.41, 5.74) is 3.91. The van der Waals surface area contributed by atoms with E-state index in [1.165, 1.54) is 11.1 Å². The van der Waals surface area contributed by atoms with E-state index in [1.807, 2.05) is 30.3 Å². The Morgan fingerprint density at radius 1 is 0.959 bits per heavy atom. The van der Waals surface area contributed by atoms with Gasteiger partial charge in [0.25, 0.3) is 11.8 Å². The molecule has 1 spiro atoms. The van der Waals surface area contributed by atoms with Gasteiger partial charge in [-0.1, -0.05) is 42.5 Å². The van der Waals surface area contributed by atoms with Gasteiger partial charge in [-0.25, -0.2) is 4.98 Å². The number of aromatic amines is 1. The molecule has 254 valence electrons. The third-order valence-electron chi connectivity index (χ3n) is 10.9. The molecular weight excluding hydrogens is 618 g/mol. The third-order valence-corrected chi connectivity index (χ3v) is 10.9. The van der Waals surface area contributed by atoms with E-state index >= 15 is 0 Å². The van der Waals surface area contributed by atoms with E-state index in [1.54, 1.807) is 28.3 Å². The van der Waals surface area contributed by atoms with Crippen molar-refractivity contribution in [2.24, 2.45) is 0 Å². The van der Waals surface area contributed by atoms with Crippen molar-refractivity contribution in [1.29, 1.82) is 0 Å². The van der Waals surface area contributed by atoms with Gasteiger partial charge >= 0.3 is 0 Å². The van der Waals surface area contributed by atoms with Crippen LogP contribution in [0.3, 0.4) is 0 Å². The monoisotopic (exact) mass is 661 g/mol. The van der Waals surface area contributed by atoms with Crippen LogP contribution in [0.5, 0.6) is 0 Å². The highest BCUT2D eigenvalue weighted by Crippen LogP contribution is 2.43. The fourth-order valence-corrected chi connectivity index (χ4v) is 7.95. The Morgan fingerprint density at radius 2 is 1.71 bits per heavy atom. The number of hydrogen-bond acceptors (Lipinski definition) is 8. The average molecular weight is 662 g/mol. The minimum atomic E-state index is -0.824. The fraction of sp³-hybridized carbons (Fsp3) is 0.432. The predicted octanol–water partition coefficient (Wildman–Crippen LogP) is 2.66. The fourth-order valence-electron chi connectivity index (χ4n) is 7.95. The van der Waals surface area contributed by atoms with E-state index in [4.69, 9.17) is 0 Å². The lowest BCUT2D eigenvalue weighted by Crippen LogP contribution is -2.57. The smallest absolute Gasteiger partial charge is 0.255 e. The summed E-state index contributed by atoms with van der Waals surface area (Å²) < 4.78 is 0. The van der Waals surface area contributed by atoms with Crippen LogP contribution < -0.4 is 10.2 Å². The summed E-state index contributed by atoms with van der Waals surface area (Å²) in [5.74, 6) is 0.00462. The van der Waals surface area contributed by atoms with Gasteiger partial charge in [0, 0.05) is 75.0 Å². The van der Waals surface area contributed by atoms with Crippen molar-refractivity contribution in [2.75, 3.05) is 64.4 Å². The molecule has 2 aromatic heterocycles. The molecule has 2 N–H and O–H groups in total. The van der Waals surface area contributed by atoms with E-state index in [2.05, 4.69) is 66.5 Å². The zero-order valence-corrected chi connectivity index (χ0v) is 27.9. The lowest BCUT2D eigenvalue weighted by atomic mass is 9.85. The molecule has 4 aromatic rings. The Bertz CT molecular complexity index is 1850. The van der Waals surface area contributed by atoms with E-state index in [0.717, 1.165) is 50.2 Å². The van der Waals surface area contributed by atoms with Crippen LogP contribution in [0.4, 0.5) is 5.69 Å². The van der Waals surface area contributed by atoms with Crippen LogP contribution in [0.25, 0.3) is 11.0 Å². The Labute approximate surface area is 286 Å². The molecule has 3 saturated heterocycles. The van der Waals surface area contributed by atoms with Crippen molar-refractivity contribution in [3.05, 3.63) is 89.7 Å². The van der Waals surface area contributed by atoms with Gasteiger partial charge in [0.2, 0.25) is 5.91 Å². The van der Waals surface area contributed by atoms with Crippen LogP contribution in [0.2, 0.25) is 0 Å². The number of para-hydroxylation sites is 1. The summed E-state index contributed by atoms with van der Waals surface area (Å²) in [6.45, 7) is 6.41. The van der Waals surface area contributed by atoms with Gasteiger partial charge in [-0.2, -0.15) is 5.10 Å². The van der Waals surface area contributed by atoms with Gasteiger partial charge in [-0.3, -0.25) is 24.4 Å². The summed E-state index contributed by atoms with van der Waals surface area (Å²) in [5, 5.41) is 10.8. The van der Waals surface area contributed by atoms with Crippen molar-refractivity contribution < 1.29 is 14.4 Å². The molecule has 3 amide bonds. The number of benzene rings is 2. The first-order valence-electron chi connectivity index (χ1n) is 17.4. The van der Waals surface area contributed by atoms with Crippen LogP contribution in [-0.4, -0.2) is 124 Å². The molecule has 0 bridgehead atoms. The topological polar surface area (TPSA) is 121 Å². The normalized spacial score (nSPS) is 22.6. The quantitative estimate of drug-likeness (QED) is 0.296. The number of aromatic nitrogens is 3. The summed E-state index contributed by atoms with van der Waals surface area (Å²) in [4.78, 5) is 56.1. The van der Waals surface area contributed by atoms with Crippen LogP contribution in [0.15, 0.2) is 73.1 Å². The van der Waals surface area contributed by atoms with Gasteiger partial charge in [-0.15, -0.1) is 0 Å². The number of anilines is 1. The summed E-state index contributed by atoms with van der Waals surface area (Å²) in [6.07, 6.45) is 5.08. The molecule has 5 heterocycles. The lowest BCUT2D eigenvalue weighted by molar-refractivity contribution is -0.137. The van der Waals surface area contributed by atoms with Gasteiger partial charge in [0.15, 0.2) is 5.65 Å². The minimum Gasteiger partial charge on any atom is -0.351 e. The number of pyridine rings is 1. The van der Waals surface area contributed by atoms with Crippen molar-refractivity contribution in [2.45, 2.75) is 43.3 Å². The molecule has 49 heavy (non-hydrogen) atoms. The molecule has 0 radical (unpaired) electrons. The number of carbonyl (C=O) groups is 3. The first kappa shape index (κ1) is 31.5. The Morgan fingerprint density at radius 3 is 2.51 bits per heavy atom. The highest BCUT2D eigenvalue weighted by Gasteiger charge is 2.54. The maximum absolute atomic E-state index is 14.3. The predicted molar refractivity (Wildman–Crippen MR) is 186 cm³/mol. The average Bonchev–Trinajstić information content (AvgIpc) is 3.62. The van der Waals surface area contributed by atoms with Gasteiger partial charge in [-0.05, 0) is 55.6 Å². The first-order valence-corrected chi connectivity index (χ1v) is 17.4. The number of piperazine rings is 1. The minimum absolute atomic E-state index is 0.00904. The number of piperidine rings is 1. The molecule has 0 unspecified atom stereocenters. The number of nitrogens with zero attached hydrogens (tertiary/aromatic N) is 7.